The summed E-state index contributed by atoms with van der Waals surface area (Å²) in [4.78, 5) is 2.45. The first-order chi connectivity index (χ1) is 12.5. The van der Waals surface area contributed by atoms with Gasteiger partial charge in [-0.25, -0.2) is 8.42 Å². The molecule has 0 radical (unpaired) electrons. The van der Waals surface area contributed by atoms with Crippen LogP contribution in [-0.2, 0) is 14.8 Å². The van der Waals surface area contributed by atoms with Gasteiger partial charge in [-0.15, -0.1) is 0 Å². The van der Waals surface area contributed by atoms with E-state index in [9.17, 15) is 8.42 Å². The Hall–Kier alpha value is -1.35. The van der Waals surface area contributed by atoms with Crippen LogP contribution < -0.4 is 9.47 Å². The lowest BCUT2D eigenvalue weighted by molar-refractivity contribution is -0.0103. The Labute approximate surface area is 155 Å². The fourth-order valence-electron chi connectivity index (χ4n) is 3.52. The van der Waals surface area contributed by atoms with Crippen LogP contribution >= 0.6 is 0 Å². The molecule has 2 fully saturated rings. The molecule has 2 aliphatic rings. The molecule has 7 nitrogen and oxygen atoms in total. The van der Waals surface area contributed by atoms with Crippen LogP contribution in [0.2, 0.25) is 0 Å². The van der Waals surface area contributed by atoms with Gasteiger partial charge in [0.05, 0.1) is 20.3 Å². The number of piperazine rings is 1. The van der Waals surface area contributed by atoms with Crippen molar-refractivity contribution in [3.05, 3.63) is 18.2 Å². The number of sulfonamides is 1. The summed E-state index contributed by atoms with van der Waals surface area (Å²) in [6.45, 7) is 4.09. The van der Waals surface area contributed by atoms with E-state index in [1.165, 1.54) is 31.0 Å². The highest BCUT2D eigenvalue weighted by atomic mass is 32.2. The molecule has 0 aromatic heterocycles. The van der Waals surface area contributed by atoms with Crippen molar-refractivity contribution in [2.45, 2.75) is 30.3 Å². The summed E-state index contributed by atoms with van der Waals surface area (Å²) in [5, 5.41) is 0. The van der Waals surface area contributed by atoms with Crippen LogP contribution in [0.15, 0.2) is 23.1 Å². The zero-order valence-corrected chi connectivity index (χ0v) is 16.3. The van der Waals surface area contributed by atoms with Crippen LogP contribution in [-0.4, -0.2) is 77.3 Å². The van der Waals surface area contributed by atoms with Crippen LogP contribution in [0.25, 0.3) is 0 Å². The Kier molecular flexibility index (Phi) is 6.39. The van der Waals surface area contributed by atoms with Gasteiger partial charge in [0.25, 0.3) is 0 Å². The molecule has 2 aliphatic heterocycles. The molecule has 0 bridgehead atoms. The van der Waals surface area contributed by atoms with E-state index >= 15 is 0 Å². The smallest absolute Gasteiger partial charge is 0.246 e. The number of methoxy groups -OCH3 is 2. The average molecular weight is 384 g/mol. The molecule has 3 rings (SSSR count). The van der Waals surface area contributed by atoms with Crippen LogP contribution in [0.3, 0.4) is 0 Å². The summed E-state index contributed by atoms with van der Waals surface area (Å²) in [7, 11) is -0.630. The Bertz CT molecular complexity index is 696. The van der Waals surface area contributed by atoms with Crippen LogP contribution in [0.5, 0.6) is 11.5 Å². The Morgan fingerprint density at radius 1 is 1.12 bits per heavy atom. The number of hydrogen-bond acceptors (Lipinski definition) is 6. The Morgan fingerprint density at radius 3 is 2.50 bits per heavy atom. The highest BCUT2D eigenvalue weighted by Crippen LogP contribution is 2.31. The zero-order valence-electron chi connectivity index (χ0n) is 15.5. The van der Waals surface area contributed by atoms with Crippen LogP contribution in [0.1, 0.15) is 19.3 Å². The predicted octanol–water partition coefficient (Wildman–Crippen LogP) is 1.58. The summed E-state index contributed by atoms with van der Waals surface area (Å²) in [5.74, 6) is 0.835. The summed E-state index contributed by atoms with van der Waals surface area (Å²) >= 11 is 0. The van der Waals surface area contributed by atoms with Gasteiger partial charge in [-0.1, -0.05) is 0 Å². The first kappa shape index (κ1) is 19.4. The standard InChI is InChI=1S/C18H28N2O5S/c1-23-15-6-7-17(24-2)18(13-15)26(21,22)20-10-8-19(9-11-20)14-16-5-3-4-12-25-16/h6-7,13,16H,3-5,8-12,14H2,1-2H3/t16-/m1/s1. The van der Waals surface area contributed by atoms with E-state index in [1.54, 1.807) is 12.1 Å². The van der Waals surface area contributed by atoms with Gasteiger partial charge in [0, 0.05) is 45.4 Å². The molecule has 0 aliphatic carbocycles. The molecule has 1 aromatic rings. The van der Waals surface area contributed by atoms with Gasteiger partial charge in [0.1, 0.15) is 16.4 Å². The maximum atomic E-state index is 13.1. The molecule has 0 spiro atoms. The summed E-state index contributed by atoms with van der Waals surface area (Å²) in [6, 6.07) is 4.85. The lowest BCUT2D eigenvalue weighted by Gasteiger charge is -2.36. The third-order valence-electron chi connectivity index (χ3n) is 5.06. The minimum Gasteiger partial charge on any atom is -0.497 e. The maximum Gasteiger partial charge on any atom is 0.246 e. The highest BCUT2D eigenvalue weighted by Gasteiger charge is 2.32. The highest BCUT2D eigenvalue weighted by molar-refractivity contribution is 7.89. The van der Waals surface area contributed by atoms with Gasteiger partial charge < -0.3 is 14.2 Å². The van der Waals surface area contributed by atoms with Crippen molar-refractivity contribution in [3.63, 3.8) is 0 Å². The number of ether oxygens (including phenoxy) is 3. The third kappa shape index (κ3) is 4.31. The second-order valence-corrected chi connectivity index (χ2v) is 8.62. The molecular formula is C18H28N2O5S. The third-order valence-corrected chi connectivity index (χ3v) is 6.98. The monoisotopic (exact) mass is 384 g/mol. The molecule has 0 N–H and O–H groups in total. The van der Waals surface area contributed by atoms with Gasteiger partial charge in [-0.3, -0.25) is 4.90 Å². The summed E-state index contributed by atoms with van der Waals surface area (Å²) in [5.41, 5.74) is 0. The molecule has 2 saturated heterocycles. The molecule has 0 amide bonds. The molecule has 2 heterocycles. The van der Waals surface area contributed by atoms with E-state index in [1.807, 2.05) is 0 Å². The van der Waals surface area contributed by atoms with E-state index in [4.69, 9.17) is 14.2 Å². The van der Waals surface area contributed by atoms with Crippen LogP contribution in [0.4, 0.5) is 0 Å². The van der Waals surface area contributed by atoms with Gasteiger partial charge >= 0.3 is 0 Å². The lowest BCUT2D eigenvalue weighted by atomic mass is 10.1. The number of benzene rings is 1. The number of nitrogens with zero attached hydrogens (tertiary/aromatic N) is 2. The normalized spacial score (nSPS) is 22.9. The van der Waals surface area contributed by atoms with Gasteiger partial charge in [-0.05, 0) is 31.4 Å². The molecule has 26 heavy (non-hydrogen) atoms. The predicted molar refractivity (Wildman–Crippen MR) is 98.3 cm³/mol. The van der Waals surface area contributed by atoms with Gasteiger partial charge in [0.15, 0.2) is 0 Å². The van der Waals surface area contributed by atoms with Crippen molar-refractivity contribution in [2.75, 3.05) is 53.6 Å². The SMILES string of the molecule is COc1ccc(OC)c(S(=O)(=O)N2CCN(C[C@H]3CCCCO3)CC2)c1. The molecule has 1 aromatic carbocycles. The minimum absolute atomic E-state index is 0.156. The Balaban J connectivity index is 1.66. The van der Waals surface area contributed by atoms with E-state index in [0.29, 0.717) is 37.7 Å². The van der Waals surface area contributed by atoms with E-state index in [-0.39, 0.29) is 11.0 Å². The van der Waals surface area contributed by atoms with Crippen molar-refractivity contribution in [1.29, 1.82) is 0 Å². The summed E-state index contributed by atoms with van der Waals surface area (Å²) in [6.07, 6.45) is 3.74. The largest absolute Gasteiger partial charge is 0.497 e. The topological polar surface area (TPSA) is 68.3 Å². The second kappa shape index (κ2) is 8.56. The fourth-order valence-corrected chi connectivity index (χ4v) is 5.11. The first-order valence-corrected chi connectivity index (χ1v) is 10.5. The molecule has 1 atom stereocenters. The molecule has 8 heteroatoms. The second-order valence-electron chi connectivity index (χ2n) is 6.71. The minimum atomic E-state index is -3.62. The van der Waals surface area contributed by atoms with Crippen molar-refractivity contribution < 1.29 is 22.6 Å². The lowest BCUT2D eigenvalue weighted by Crippen LogP contribution is -2.50. The van der Waals surface area contributed by atoms with Crippen molar-refractivity contribution >= 4 is 10.0 Å². The number of hydrogen-bond donors (Lipinski definition) is 0. The Morgan fingerprint density at radius 2 is 1.88 bits per heavy atom. The van der Waals surface area contributed by atoms with Gasteiger partial charge in [-0.2, -0.15) is 4.31 Å². The first-order valence-electron chi connectivity index (χ1n) is 9.10. The van der Waals surface area contributed by atoms with Crippen molar-refractivity contribution in [1.82, 2.24) is 9.21 Å². The van der Waals surface area contributed by atoms with Crippen molar-refractivity contribution in [3.8, 4) is 11.5 Å². The van der Waals surface area contributed by atoms with Gasteiger partial charge in [0.2, 0.25) is 10.0 Å². The zero-order chi connectivity index (χ0) is 18.6. The van der Waals surface area contributed by atoms with E-state index < -0.39 is 10.0 Å². The van der Waals surface area contributed by atoms with Crippen LogP contribution in [0, 0.1) is 0 Å². The quantitative estimate of drug-likeness (QED) is 0.742. The summed E-state index contributed by atoms with van der Waals surface area (Å²) < 4.78 is 43.9. The molecule has 146 valence electrons. The maximum absolute atomic E-state index is 13.1. The average Bonchev–Trinajstić information content (AvgIpc) is 2.68. The molecular weight excluding hydrogens is 356 g/mol. The van der Waals surface area contributed by atoms with E-state index in [2.05, 4.69) is 4.90 Å². The number of rotatable bonds is 6. The van der Waals surface area contributed by atoms with Crippen molar-refractivity contribution in [2.24, 2.45) is 0 Å². The molecule has 0 unspecified atom stereocenters. The fraction of sp³-hybridized carbons (Fsp3) is 0.667. The van der Waals surface area contributed by atoms with E-state index in [0.717, 1.165) is 26.0 Å². The molecule has 0 saturated carbocycles.